The van der Waals surface area contributed by atoms with Gasteiger partial charge in [-0.05, 0) is 31.1 Å². The van der Waals surface area contributed by atoms with Crippen molar-refractivity contribution >= 4 is 12.2 Å². The molecule has 0 N–H and O–H groups in total. The predicted molar refractivity (Wildman–Crippen MR) is 51.4 cm³/mol. The summed E-state index contributed by atoms with van der Waals surface area (Å²) < 4.78 is 0. The molecule has 0 aromatic carbocycles. The molecule has 14 heavy (non-hydrogen) atoms. The van der Waals surface area contributed by atoms with E-state index >= 15 is 0 Å². The lowest BCUT2D eigenvalue weighted by Crippen LogP contribution is -2.13. The van der Waals surface area contributed by atoms with Gasteiger partial charge in [-0.1, -0.05) is 6.42 Å². The molecule has 2 bridgehead atoms. The van der Waals surface area contributed by atoms with Gasteiger partial charge in [0.25, 0.3) is 0 Å². The molecule has 2 aliphatic rings. The average molecular weight is 194 g/mol. The van der Waals surface area contributed by atoms with E-state index in [-0.39, 0.29) is 0 Å². The van der Waals surface area contributed by atoms with Crippen molar-refractivity contribution < 1.29 is 9.59 Å². The van der Waals surface area contributed by atoms with E-state index in [0.29, 0.717) is 6.04 Å². The Morgan fingerprint density at radius 2 is 1.86 bits per heavy atom. The van der Waals surface area contributed by atoms with Crippen molar-refractivity contribution in [3.8, 4) is 0 Å². The normalized spacial score (nSPS) is 32.2. The van der Waals surface area contributed by atoms with Gasteiger partial charge >= 0.3 is 0 Å². The fourth-order valence-corrected chi connectivity index (χ4v) is 2.44. The second-order valence-corrected chi connectivity index (χ2v) is 3.78. The average Bonchev–Trinajstić information content (AvgIpc) is 2.80. The van der Waals surface area contributed by atoms with Gasteiger partial charge in [-0.2, -0.15) is 0 Å². The minimum Gasteiger partial charge on any atom is -0.211 e. The second kappa shape index (κ2) is 5.48. The first kappa shape index (κ1) is 10.8. The summed E-state index contributed by atoms with van der Waals surface area (Å²) in [6.45, 7) is 0. The number of aliphatic imine (C=N–C) groups is 2. The Kier molecular flexibility index (Phi) is 4.24. The molecule has 0 aliphatic heterocycles. The van der Waals surface area contributed by atoms with Crippen LogP contribution in [0.15, 0.2) is 9.98 Å². The fourth-order valence-electron chi connectivity index (χ4n) is 2.44. The van der Waals surface area contributed by atoms with Crippen LogP contribution in [0.2, 0.25) is 0 Å². The zero-order valence-corrected chi connectivity index (χ0v) is 8.27. The van der Waals surface area contributed by atoms with Gasteiger partial charge in [0.2, 0.25) is 12.2 Å². The Hall–Kier alpha value is -1.24. The number of isocyanates is 2. The summed E-state index contributed by atoms with van der Waals surface area (Å²) in [5.41, 5.74) is 0. The first-order chi connectivity index (χ1) is 6.81. The predicted octanol–water partition coefficient (Wildman–Crippen LogP) is 1.46. The third-order valence-electron chi connectivity index (χ3n) is 3.01. The number of rotatable bonds is 1. The molecule has 3 unspecified atom stereocenters. The van der Waals surface area contributed by atoms with E-state index in [1.165, 1.54) is 32.4 Å². The first-order valence-corrected chi connectivity index (χ1v) is 4.84. The highest BCUT2D eigenvalue weighted by atomic mass is 16.1. The molecule has 3 atom stereocenters. The smallest absolute Gasteiger partial charge is 0.211 e. The van der Waals surface area contributed by atoms with Gasteiger partial charge in [0.05, 0.1) is 6.04 Å². The molecule has 2 fully saturated rings. The van der Waals surface area contributed by atoms with E-state index in [1.807, 2.05) is 0 Å². The zero-order chi connectivity index (χ0) is 10.4. The van der Waals surface area contributed by atoms with Crippen LogP contribution in [-0.4, -0.2) is 25.2 Å². The summed E-state index contributed by atoms with van der Waals surface area (Å²) in [5.74, 6) is 1.61. The second-order valence-electron chi connectivity index (χ2n) is 3.78. The van der Waals surface area contributed by atoms with Crippen molar-refractivity contribution in [1.29, 1.82) is 0 Å². The molecule has 76 valence electrons. The highest BCUT2D eigenvalue weighted by Crippen LogP contribution is 2.45. The lowest BCUT2D eigenvalue weighted by molar-refractivity contribution is 0.417. The van der Waals surface area contributed by atoms with Gasteiger partial charge in [0.1, 0.15) is 0 Å². The fraction of sp³-hybridized carbons (Fsp3) is 0.800. The Bertz CT molecular complexity index is 278. The molecule has 2 aliphatic carbocycles. The van der Waals surface area contributed by atoms with Gasteiger partial charge in [-0.3, -0.25) is 0 Å². The molecule has 0 radical (unpaired) electrons. The Labute approximate surface area is 83.1 Å². The summed E-state index contributed by atoms with van der Waals surface area (Å²) in [7, 11) is 1.38. The molecule has 0 saturated heterocycles. The van der Waals surface area contributed by atoms with Crippen molar-refractivity contribution in [2.75, 3.05) is 7.05 Å². The molecule has 0 heterocycles. The monoisotopic (exact) mass is 194 g/mol. The number of nitrogens with zero attached hydrogens (tertiary/aromatic N) is 2. The van der Waals surface area contributed by atoms with Crippen LogP contribution in [0.3, 0.4) is 0 Å². The summed E-state index contributed by atoms with van der Waals surface area (Å²) in [4.78, 5) is 25.6. The molecule has 4 heteroatoms. The van der Waals surface area contributed by atoms with Gasteiger partial charge in [0.15, 0.2) is 0 Å². The van der Waals surface area contributed by atoms with Crippen LogP contribution in [0.25, 0.3) is 0 Å². The maximum atomic E-state index is 9.95. The van der Waals surface area contributed by atoms with Crippen LogP contribution < -0.4 is 0 Å². The van der Waals surface area contributed by atoms with E-state index in [4.69, 9.17) is 4.79 Å². The van der Waals surface area contributed by atoms with Gasteiger partial charge in [-0.15, -0.1) is 0 Å². The zero-order valence-electron chi connectivity index (χ0n) is 8.27. The summed E-state index contributed by atoms with van der Waals surface area (Å²) in [6, 6.07) is 0.344. The maximum absolute atomic E-state index is 9.95. The molecule has 0 aromatic heterocycles. The van der Waals surface area contributed by atoms with Crippen LogP contribution in [0.1, 0.15) is 25.7 Å². The molecule has 4 nitrogen and oxygen atoms in total. The summed E-state index contributed by atoms with van der Waals surface area (Å²) >= 11 is 0. The minimum atomic E-state index is 0.344. The molecule has 0 aromatic rings. The Morgan fingerprint density at radius 3 is 2.21 bits per heavy atom. The van der Waals surface area contributed by atoms with Gasteiger partial charge in [0, 0.05) is 7.05 Å². The van der Waals surface area contributed by atoms with Crippen molar-refractivity contribution in [3.05, 3.63) is 0 Å². The number of carbonyl (C=O) groups excluding carboxylic acids is 2. The largest absolute Gasteiger partial charge is 0.235 e. The third kappa shape index (κ3) is 2.63. The molecular formula is C10H14N2O2. The van der Waals surface area contributed by atoms with Gasteiger partial charge < -0.3 is 0 Å². The van der Waals surface area contributed by atoms with Crippen molar-refractivity contribution in [2.24, 2.45) is 21.8 Å². The number of hydrogen-bond acceptors (Lipinski definition) is 4. The van der Waals surface area contributed by atoms with E-state index in [1.54, 1.807) is 6.08 Å². The van der Waals surface area contributed by atoms with E-state index in [0.717, 1.165) is 18.3 Å². The summed E-state index contributed by atoms with van der Waals surface area (Å²) in [6.07, 6.45) is 8.11. The first-order valence-electron chi connectivity index (χ1n) is 4.84. The van der Waals surface area contributed by atoms with Crippen LogP contribution in [-0.2, 0) is 9.59 Å². The summed E-state index contributed by atoms with van der Waals surface area (Å²) in [5, 5.41) is 0. The van der Waals surface area contributed by atoms with Crippen molar-refractivity contribution in [1.82, 2.24) is 0 Å². The minimum absolute atomic E-state index is 0.344. The third-order valence-corrected chi connectivity index (χ3v) is 3.01. The molecule has 0 amide bonds. The molecule has 0 spiro atoms. The highest BCUT2D eigenvalue weighted by molar-refractivity contribution is 5.34. The van der Waals surface area contributed by atoms with Crippen molar-refractivity contribution in [2.45, 2.75) is 31.7 Å². The number of hydrogen-bond donors (Lipinski definition) is 0. The van der Waals surface area contributed by atoms with Crippen molar-refractivity contribution in [3.63, 3.8) is 0 Å². The molecular weight excluding hydrogens is 180 g/mol. The van der Waals surface area contributed by atoms with Crippen LogP contribution in [0, 0.1) is 11.8 Å². The maximum Gasteiger partial charge on any atom is 0.235 e. The lowest BCUT2D eigenvalue weighted by atomic mass is 9.96. The molecule has 2 saturated carbocycles. The van der Waals surface area contributed by atoms with E-state index in [2.05, 4.69) is 9.98 Å². The highest BCUT2D eigenvalue weighted by Gasteiger charge is 2.39. The Balaban J connectivity index is 0.000000213. The van der Waals surface area contributed by atoms with E-state index in [9.17, 15) is 4.79 Å². The number of fused-ring (bicyclic) bond motifs is 2. The van der Waals surface area contributed by atoms with Gasteiger partial charge in [-0.25, -0.2) is 19.6 Å². The Morgan fingerprint density at radius 1 is 1.14 bits per heavy atom. The standard InChI is InChI=1S/C8H11NO.C2H3NO/c10-5-9-8-4-6-1-2-7(8)3-6;1-3-2-4/h6-8H,1-4H2;1H3. The molecule has 2 rings (SSSR count). The topological polar surface area (TPSA) is 58.9 Å². The van der Waals surface area contributed by atoms with Crippen LogP contribution >= 0.6 is 0 Å². The van der Waals surface area contributed by atoms with Crippen LogP contribution in [0.5, 0.6) is 0 Å². The lowest BCUT2D eigenvalue weighted by Gasteiger charge is -2.14. The van der Waals surface area contributed by atoms with E-state index < -0.39 is 0 Å². The SMILES string of the molecule is CN=C=O.O=C=NC1CC2CCC1C2. The quantitative estimate of drug-likeness (QED) is 0.468. The van der Waals surface area contributed by atoms with Crippen LogP contribution in [0.4, 0.5) is 0 Å².